The van der Waals surface area contributed by atoms with Gasteiger partial charge in [0.25, 0.3) is 0 Å². The summed E-state index contributed by atoms with van der Waals surface area (Å²) in [6.07, 6.45) is 0. The lowest BCUT2D eigenvalue weighted by Gasteiger charge is -2.16. The monoisotopic (exact) mass is 432 g/mol. The maximum atomic E-state index is 12.8. The molecular formula is C20H22Cl2N6O. The van der Waals surface area contributed by atoms with Gasteiger partial charge in [-0.2, -0.15) is 4.80 Å². The molecule has 3 aromatic rings. The average Bonchev–Trinajstić information content (AvgIpc) is 3.36. The number of hydrogen-bond acceptors (Lipinski definition) is 5. The van der Waals surface area contributed by atoms with Crippen LogP contribution in [0.4, 0.5) is 0 Å². The quantitative estimate of drug-likeness (QED) is 0.668. The molecule has 2 N–H and O–H groups in total. The smallest absolute Gasteiger partial charge is 0.246 e. The normalized spacial score (nSPS) is 18.5. The van der Waals surface area contributed by atoms with Gasteiger partial charge < -0.3 is 10.6 Å². The van der Waals surface area contributed by atoms with E-state index in [0.29, 0.717) is 30.5 Å². The summed E-state index contributed by atoms with van der Waals surface area (Å²) in [6, 6.07) is 17.4. The molecular weight excluding hydrogens is 411 g/mol. The Kier molecular flexibility index (Phi) is 6.84. The highest BCUT2D eigenvalue weighted by atomic mass is 35.5. The summed E-state index contributed by atoms with van der Waals surface area (Å²) in [4.78, 5) is 16.0. The third-order valence-electron chi connectivity index (χ3n) is 5.16. The lowest BCUT2D eigenvalue weighted by molar-refractivity contribution is -0.131. The van der Waals surface area contributed by atoms with Crippen molar-refractivity contribution in [2.24, 2.45) is 11.7 Å². The summed E-state index contributed by atoms with van der Waals surface area (Å²) in [5, 5.41) is 13.0. The molecule has 0 spiro atoms. The molecule has 7 nitrogen and oxygen atoms in total. The zero-order valence-corrected chi connectivity index (χ0v) is 17.3. The van der Waals surface area contributed by atoms with E-state index in [2.05, 4.69) is 27.5 Å². The molecule has 1 amide bonds. The molecule has 0 bridgehead atoms. The van der Waals surface area contributed by atoms with Crippen LogP contribution in [0.15, 0.2) is 54.6 Å². The van der Waals surface area contributed by atoms with Crippen LogP contribution in [0.25, 0.3) is 11.4 Å². The number of tetrazole rings is 1. The summed E-state index contributed by atoms with van der Waals surface area (Å²) in [5.74, 6) is 0.938. The fraction of sp³-hybridized carbons (Fsp3) is 0.300. The second-order valence-corrected chi connectivity index (χ2v) is 7.40. The van der Waals surface area contributed by atoms with Gasteiger partial charge in [0.15, 0.2) is 0 Å². The van der Waals surface area contributed by atoms with E-state index in [0.717, 1.165) is 5.56 Å². The second kappa shape index (κ2) is 9.35. The van der Waals surface area contributed by atoms with Crippen molar-refractivity contribution in [1.82, 2.24) is 25.1 Å². The van der Waals surface area contributed by atoms with E-state index in [9.17, 15) is 4.79 Å². The lowest BCUT2D eigenvalue weighted by Crippen LogP contribution is -2.33. The molecule has 0 saturated carbocycles. The Hall–Kier alpha value is -2.48. The number of benzene rings is 2. The van der Waals surface area contributed by atoms with Crippen LogP contribution in [0.3, 0.4) is 0 Å². The van der Waals surface area contributed by atoms with E-state index >= 15 is 0 Å². The summed E-state index contributed by atoms with van der Waals surface area (Å²) >= 11 is 5.90. The first-order chi connectivity index (χ1) is 13.6. The molecule has 2 heterocycles. The van der Waals surface area contributed by atoms with Gasteiger partial charge in [-0.1, -0.05) is 41.9 Å². The van der Waals surface area contributed by atoms with Gasteiger partial charge in [0, 0.05) is 29.6 Å². The number of rotatable bonds is 5. The molecule has 1 saturated heterocycles. The van der Waals surface area contributed by atoms with Crippen LogP contribution >= 0.6 is 24.0 Å². The Morgan fingerprint density at radius 3 is 2.52 bits per heavy atom. The van der Waals surface area contributed by atoms with Crippen molar-refractivity contribution in [3.8, 4) is 11.4 Å². The maximum absolute atomic E-state index is 12.8. The minimum atomic E-state index is -0.0306. The molecule has 2 atom stereocenters. The third-order valence-corrected chi connectivity index (χ3v) is 5.41. The standard InChI is InChI=1S/C20H21ClN6O.ClH/c21-17-8-6-15(7-9-17)20-23-25-27(24-20)13-19(28)26-11-16(10-22)18(12-26)14-4-2-1-3-5-14;/h1-9,16,18H,10-13,22H2;1H/t16-,18+;/m1./s1. The number of amides is 1. The topological polar surface area (TPSA) is 89.9 Å². The van der Waals surface area contributed by atoms with E-state index in [1.54, 1.807) is 12.1 Å². The second-order valence-electron chi connectivity index (χ2n) is 6.96. The number of likely N-dealkylation sites (tertiary alicyclic amines) is 1. The number of hydrogen-bond donors (Lipinski definition) is 1. The summed E-state index contributed by atoms with van der Waals surface area (Å²) in [5.41, 5.74) is 7.99. The zero-order chi connectivity index (χ0) is 19.5. The van der Waals surface area contributed by atoms with Crippen molar-refractivity contribution in [2.75, 3.05) is 19.6 Å². The van der Waals surface area contributed by atoms with Crippen molar-refractivity contribution in [3.05, 3.63) is 65.2 Å². The van der Waals surface area contributed by atoms with Crippen molar-refractivity contribution < 1.29 is 4.79 Å². The Labute approximate surface area is 180 Å². The summed E-state index contributed by atoms with van der Waals surface area (Å²) < 4.78 is 0. The number of carbonyl (C=O) groups is 1. The molecule has 2 aromatic carbocycles. The van der Waals surface area contributed by atoms with Crippen LogP contribution in [0.1, 0.15) is 11.5 Å². The molecule has 1 fully saturated rings. The average molecular weight is 433 g/mol. The summed E-state index contributed by atoms with van der Waals surface area (Å²) in [7, 11) is 0. The Bertz CT molecular complexity index is 947. The molecule has 1 aliphatic rings. The van der Waals surface area contributed by atoms with Crippen molar-refractivity contribution in [1.29, 1.82) is 0 Å². The minimum Gasteiger partial charge on any atom is -0.340 e. The van der Waals surface area contributed by atoms with Gasteiger partial charge in [0.1, 0.15) is 6.54 Å². The number of carbonyl (C=O) groups excluding carboxylic acids is 1. The highest BCUT2D eigenvalue weighted by Crippen LogP contribution is 2.32. The van der Waals surface area contributed by atoms with Crippen molar-refractivity contribution in [2.45, 2.75) is 12.5 Å². The fourth-order valence-electron chi connectivity index (χ4n) is 3.64. The van der Waals surface area contributed by atoms with Crippen LogP contribution in [-0.4, -0.2) is 50.6 Å². The predicted molar refractivity (Wildman–Crippen MR) is 114 cm³/mol. The third kappa shape index (κ3) is 4.75. The van der Waals surface area contributed by atoms with Crippen molar-refractivity contribution in [3.63, 3.8) is 0 Å². The fourth-order valence-corrected chi connectivity index (χ4v) is 3.76. The van der Waals surface area contributed by atoms with E-state index in [1.165, 1.54) is 10.4 Å². The maximum Gasteiger partial charge on any atom is 0.246 e. The number of nitrogens with two attached hydrogens (primary N) is 1. The van der Waals surface area contributed by atoms with Gasteiger partial charge in [-0.3, -0.25) is 4.79 Å². The number of nitrogens with zero attached hydrogens (tertiary/aromatic N) is 5. The molecule has 0 aliphatic carbocycles. The van der Waals surface area contributed by atoms with Crippen LogP contribution in [0, 0.1) is 5.92 Å². The Morgan fingerprint density at radius 2 is 1.83 bits per heavy atom. The first-order valence-corrected chi connectivity index (χ1v) is 9.58. The van der Waals surface area contributed by atoms with Gasteiger partial charge in [-0.05, 0) is 47.5 Å². The van der Waals surface area contributed by atoms with Crippen LogP contribution in [0.5, 0.6) is 0 Å². The van der Waals surface area contributed by atoms with E-state index in [1.807, 2.05) is 35.2 Å². The molecule has 4 rings (SSSR count). The highest BCUT2D eigenvalue weighted by Gasteiger charge is 2.35. The van der Waals surface area contributed by atoms with E-state index < -0.39 is 0 Å². The molecule has 29 heavy (non-hydrogen) atoms. The van der Waals surface area contributed by atoms with Gasteiger partial charge in [-0.15, -0.1) is 22.6 Å². The van der Waals surface area contributed by atoms with Gasteiger partial charge in [0.2, 0.25) is 11.7 Å². The lowest BCUT2D eigenvalue weighted by atomic mass is 9.89. The van der Waals surface area contributed by atoms with Crippen molar-refractivity contribution >= 4 is 29.9 Å². The molecule has 9 heteroatoms. The predicted octanol–water partition coefficient (Wildman–Crippen LogP) is 2.62. The number of aromatic nitrogens is 4. The first-order valence-electron chi connectivity index (χ1n) is 9.20. The van der Waals surface area contributed by atoms with Gasteiger partial charge >= 0.3 is 0 Å². The largest absolute Gasteiger partial charge is 0.340 e. The Balaban J connectivity index is 0.00000240. The van der Waals surface area contributed by atoms with Crippen LogP contribution < -0.4 is 5.73 Å². The van der Waals surface area contributed by atoms with Crippen LogP contribution in [0.2, 0.25) is 5.02 Å². The molecule has 0 unspecified atom stereocenters. The summed E-state index contributed by atoms with van der Waals surface area (Å²) in [6.45, 7) is 1.90. The molecule has 0 radical (unpaired) electrons. The van der Waals surface area contributed by atoms with Gasteiger partial charge in [-0.25, -0.2) is 0 Å². The minimum absolute atomic E-state index is 0. The molecule has 1 aliphatic heterocycles. The van der Waals surface area contributed by atoms with E-state index in [-0.39, 0.29) is 36.7 Å². The molecule has 1 aromatic heterocycles. The zero-order valence-electron chi connectivity index (χ0n) is 15.7. The SMILES string of the molecule is Cl.NC[C@@H]1CN(C(=O)Cn2nnc(-c3ccc(Cl)cc3)n2)C[C@H]1c1ccccc1. The van der Waals surface area contributed by atoms with E-state index in [4.69, 9.17) is 17.3 Å². The molecule has 152 valence electrons. The van der Waals surface area contributed by atoms with Gasteiger partial charge in [0.05, 0.1) is 0 Å². The Morgan fingerprint density at radius 1 is 1.10 bits per heavy atom. The van der Waals surface area contributed by atoms with Crippen LogP contribution in [-0.2, 0) is 11.3 Å². The number of halogens is 2. The first kappa shape index (κ1) is 21.2. The highest BCUT2D eigenvalue weighted by molar-refractivity contribution is 6.30.